The zero-order valence-electron chi connectivity index (χ0n) is 10.5. The van der Waals surface area contributed by atoms with E-state index in [1.54, 1.807) is 11.3 Å². The second kappa shape index (κ2) is 5.46. The Hall–Kier alpha value is -0.450. The molecular formula is C13H22N2OS. The average Bonchev–Trinajstić information content (AvgIpc) is 2.64. The summed E-state index contributed by atoms with van der Waals surface area (Å²) in [5.74, 6) is 0. The van der Waals surface area contributed by atoms with E-state index in [2.05, 4.69) is 4.98 Å². The minimum absolute atomic E-state index is 0.142. The zero-order valence-corrected chi connectivity index (χ0v) is 11.3. The first-order valence-corrected chi connectivity index (χ1v) is 7.36. The molecule has 96 valence electrons. The molecule has 4 heteroatoms. The standard InChI is InChI=1S/C13H22N2OS/c1-10-15-11(8-17-10)12(16)13(9-14)6-4-2-3-5-7-13/h8,12,16H,2-7,9,14H2,1H3. The molecule has 0 spiro atoms. The topological polar surface area (TPSA) is 59.1 Å². The van der Waals surface area contributed by atoms with Crippen LogP contribution in [0.4, 0.5) is 0 Å². The highest BCUT2D eigenvalue weighted by Gasteiger charge is 2.38. The third kappa shape index (κ3) is 2.69. The third-order valence-corrected chi connectivity index (χ3v) is 4.79. The van der Waals surface area contributed by atoms with Crippen molar-refractivity contribution in [3.8, 4) is 0 Å². The van der Waals surface area contributed by atoms with Gasteiger partial charge in [-0.2, -0.15) is 0 Å². The molecule has 1 aromatic rings. The molecule has 0 radical (unpaired) electrons. The Labute approximate surface area is 107 Å². The summed E-state index contributed by atoms with van der Waals surface area (Å²) in [6, 6.07) is 0. The van der Waals surface area contributed by atoms with Gasteiger partial charge >= 0.3 is 0 Å². The maximum absolute atomic E-state index is 10.6. The molecule has 1 aliphatic rings. The lowest BCUT2D eigenvalue weighted by molar-refractivity contribution is 0.0139. The van der Waals surface area contributed by atoms with Crippen LogP contribution in [0, 0.1) is 12.3 Å². The average molecular weight is 254 g/mol. The van der Waals surface area contributed by atoms with E-state index >= 15 is 0 Å². The van der Waals surface area contributed by atoms with Crippen LogP contribution in [-0.2, 0) is 0 Å². The van der Waals surface area contributed by atoms with Gasteiger partial charge in [0.2, 0.25) is 0 Å². The van der Waals surface area contributed by atoms with Crippen LogP contribution in [0.15, 0.2) is 5.38 Å². The number of nitrogens with zero attached hydrogens (tertiary/aromatic N) is 1. The molecular weight excluding hydrogens is 232 g/mol. The lowest BCUT2D eigenvalue weighted by atomic mass is 9.74. The minimum atomic E-state index is -0.490. The van der Waals surface area contributed by atoms with E-state index in [4.69, 9.17) is 5.73 Å². The SMILES string of the molecule is Cc1nc(C(O)C2(CN)CCCCCC2)cs1. The highest BCUT2D eigenvalue weighted by molar-refractivity contribution is 7.09. The lowest BCUT2D eigenvalue weighted by Crippen LogP contribution is -2.36. The van der Waals surface area contributed by atoms with Gasteiger partial charge in [0.1, 0.15) is 6.10 Å². The Morgan fingerprint density at radius 2 is 2.06 bits per heavy atom. The second-order valence-electron chi connectivity index (χ2n) is 5.17. The van der Waals surface area contributed by atoms with Crippen molar-refractivity contribution in [1.82, 2.24) is 4.98 Å². The predicted molar refractivity (Wildman–Crippen MR) is 71.0 cm³/mol. The van der Waals surface area contributed by atoms with Crippen LogP contribution in [0.5, 0.6) is 0 Å². The zero-order chi connectivity index (χ0) is 12.3. The quantitative estimate of drug-likeness (QED) is 0.815. The molecule has 1 aromatic heterocycles. The fourth-order valence-corrected chi connectivity index (χ4v) is 3.47. The van der Waals surface area contributed by atoms with Crippen molar-refractivity contribution < 1.29 is 5.11 Å². The number of aryl methyl sites for hydroxylation is 1. The first-order valence-electron chi connectivity index (χ1n) is 6.48. The Morgan fingerprint density at radius 3 is 2.53 bits per heavy atom. The number of aromatic nitrogens is 1. The van der Waals surface area contributed by atoms with Gasteiger partial charge in [0.25, 0.3) is 0 Å². The molecule has 3 nitrogen and oxygen atoms in total. The second-order valence-corrected chi connectivity index (χ2v) is 6.24. The molecule has 0 amide bonds. The van der Waals surface area contributed by atoms with Crippen LogP contribution < -0.4 is 5.73 Å². The van der Waals surface area contributed by atoms with Crippen molar-refractivity contribution in [2.24, 2.45) is 11.1 Å². The molecule has 0 saturated heterocycles. The molecule has 1 unspecified atom stereocenters. The number of rotatable bonds is 3. The van der Waals surface area contributed by atoms with Crippen molar-refractivity contribution in [3.05, 3.63) is 16.1 Å². The van der Waals surface area contributed by atoms with Crippen molar-refractivity contribution in [3.63, 3.8) is 0 Å². The molecule has 0 aromatic carbocycles. The summed E-state index contributed by atoms with van der Waals surface area (Å²) in [4.78, 5) is 4.42. The summed E-state index contributed by atoms with van der Waals surface area (Å²) in [5.41, 5.74) is 6.65. The van der Waals surface area contributed by atoms with Crippen LogP contribution in [-0.4, -0.2) is 16.6 Å². The minimum Gasteiger partial charge on any atom is -0.386 e. The maximum atomic E-state index is 10.6. The molecule has 1 aliphatic carbocycles. The molecule has 3 N–H and O–H groups in total. The Balaban J connectivity index is 2.21. The summed E-state index contributed by atoms with van der Waals surface area (Å²) in [5, 5.41) is 13.6. The number of thiazole rings is 1. The number of hydrogen-bond donors (Lipinski definition) is 2. The first-order chi connectivity index (χ1) is 8.18. The van der Waals surface area contributed by atoms with E-state index in [1.165, 1.54) is 25.7 Å². The molecule has 17 heavy (non-hydrogen) atoms. The van der Waals surface area contributed by atoms with E-state index < -0.39 is 6.10 Å². The van der Waals surface area contributed by atoms with Gasteiger partial charge in [-0.3, -0.25) is 0 Å². The van der Waals surface area contributed by atoms with Gasteiger partial charge in [-0.15, -0.1) is 11.3 Å². The predicted octanol–water partition coefficient (Wildman–Crippen LogP) is 2.78. The van der Waals surface area contributed by atoms with Crippen LogP contribution in [0.1, 0.15) is 55.3 Å². The smallest absolute Gasteiger partial charge is 0.104 e. The highest BCUT2D eigenvalue weighted by atomic mass is 32.1. The van der Waals surface area contributed by atoms with Crippen molar-refractivity contribution in [1.29, 1.82) is 0 Å². The number of aliphatic hydroxyl groups is 1. The summed E-state index contributed by atoms with van der Waals surface area (Å²) in [6.07, 6.45) is 6.46. The van der Waals surface area contributed by atoms with Crippen LogP contribution in [0.25, 0.3) is 0 Å². The Morgan fingerprint density at radius 1 is 1.41 bits per heavy atom. The fourth-order valence-electron chi connectivity index (χ4n) is 2.84. The van der Waals surface area contributed by atoms with E-state index in [1.807, 2.05) is 12.3 Å². The van der Waals surface area contributed by atoms with Gasteiger partial charge in [0.15, 0.2) is 0 Å². The molecule has 0 aliphatic heterocycles. The van der Waals surface area contributed by atoms with Crippen LogP contribution >= 0.6 is 11.3 Å². The largest absolute Gasteiger partial charge is 0.386 e. The third-order valence-electron chi connectivity index (χ3n) is 4.00. The fraction of sp³-hybridized carbons (Fsp3) is 0.769. The maximum Gasteiger partial charge on any atom is 0.104 e. The van der Waals surface area contributed by atoms with E-state index in [0.29, 0.717) is 6.54 Å². The summed E-state index contributed by atoms with van der Waals surface area (Å²) in [6.45, 7) is 2.54. The molecule has 2 rings (SSSR count). The van der Waals surface area contributed by atoms with Gasteiger partial charge < -0.3 is 10.8 Å². The molecule has 0 bridgehead atoms. The molecule has 1 atom stereocenters. The van der Waals surface area contributed by atoms with Gasteiger partial charge in [-0.05, 0) is 19.8 Å². The van der Waals surface area contributed by atoms with Crippen LogP contribution in [0.2, 0.25) is 0 Å². The number of nitrogens with two attached hydrogens (primary N) is 1. The van der Waals surface area contributed by atoms with Crippen molar-refractivity contribution in [2.45, 2.75) is 51.6 Å². The van der Waals surface area contributed by atoms with E-state index in [0.717, 1.165) is 23.5 Å². The van der Waals surface area contributed by atoms with Gasteiger partial charge in [-0.25, -0.2) is 4.98 Å². The van der Waals surface area contributed by atoms with Crippen molar-refractivity contribution in [2.75, 3.05) is 6.54 Å². The number of hydrogen-bond acceptors (Lipinski definition) is 4. The molecule has 1 saturated carbocycles. The molecule has 1 fully saturated rings. The molecule has 1 heterocycles. The van der Waals surface area contributed by atoms with Gasteiger partial charge in [0, 0.05) is 17.3 Å². The first kappa shape index (κ1) is 13.0. The summed E-state index contributed by atoms with van der Waals surface area (Å²) >= 11 is 1.60. The Bertz CT molecular complexity index is 356. The van der Waals surface area contributed by atoms with E-state index in [9.17, 15) is 5.11 Å². The normalized spacial score (nSPS) is 22.1. The van der Waals surface area contributed by atoms with Crippen LogP contribution in [0.3, 0.4) is 0 Å². The monoisotopic (exact) mass is 254 g/mol. The van der Waals surface area contributed by atoms with E-state index in [-0.39, 0.29) is 5.41 Å². The lowest BCUT2D eigenvalue weighted by Gasteiger charge is -2.35. The number of aliphatic hydroxyl groups excluding tert-OH is 1. The summed E-state index contributed by atoms with van der Waals surface area (Å²) < 4.78 is 0. The Kier molecular flexibility index (Phi) is 4.17. The summed E-state index contributed by atoms with van der Waals surface area (Å²) in [7, 11) is 0. The van der Waals surface area contributed by atoms with Crippen molar-refractivity contribution >= 4 is 11.3 Å². The van der Waals surface area contributed by atoms with Gasteiger partial charge in [0.05, 0.1) is 10.7 Å². The van der Waals surface area contributed by atoms with Gasteiger partial charge in [-0.1, -0.05) is 25.7 Å². The highest BCUT2D eigenvalue weighted by Crippen LogP contribution is 2.44.